The first-order valence-corrected chi connectivity index (χ1v) is 9.27. The maximum Gasteiger partial charge on any atom is 0.229 e. The number of anilines is 2. The molecule has 7 heteroatoms. The molecule has 5 nitrogen and oxygen atoms in total. The van der Waals surface area contributed by atoms with Crippen molar-refractivity contribution in [3.05, 3.63) is 51.5 Å². The van der Waals surface area contributed by atoms with Gasteiger partial charge in [-0.2, -0.15) is 0 Å². The van der Waals surface area contributed by atoms with E-state index in [0.717, 1.165) is 15.7 Å². The first-order valence-electron chi connectivity index (χ1n) is 8.10. The van der Waals surface area contributed by atoms with E-state index in [2.05, 4.69) is 21.2 Å². The zero-order valence-electron chi connectivity index (χ0n) is 14.4. The van der Waals surface area contributed by atoms with E-state index in [1.165, 1.54) is 7.11 Å². The third-order valence-electron chi connectivity index (χ3n) is 4.37. The smallest absolute Gasteiger partial charge is 0.229 e. The summed E-state index contributed by atoms with van der Waals surface area (Å²) in [6.45, 7) is 2.21. The Balaban J connectivity index is 1.77. The zero-order chi connectivity index (χ0) is 18.8. The minimum absolute atomic E-state index is 0.127. The third-order valence-corrected chi connectivity index (χ3v) is 5.10. The maximum atomic E-state index is 12.6. The van der Waals surface area contributed by atoms with Crippen LogP contribution < -0.4 is 15.0 Å². The summed E-state index contributed by atoms with van der Waals surface area (Å²) in [5, 5.41) is 3.42. The number of benzene rings is 2. The summed E-state index contributed by atoms with van der Waals surface area (Å²) in [5.74, 6) is -0.188. The molecule has 1 aliphatic heterocycles. The number of rotatable bonds is 4. The second-order valence-corrected chi connectivity index (χ2v) is 7.52. The number of ether oxygens (including phenoxy) is 1. The fourth-order valence-electron chi connectivity index (χ4n) is 2.99. The van der Waals surface area contributed by atoms with E-state index in [1.807, 2.05) is 25.1 Å². The van der Waals surface area contributed by atoms with Crippen LogP contribution in [0.1, 0.15) is 12.0 Å². The molecule has 0 unspecified atom stereocenters. The lowest BCUT2D eigenvalue weighted by Gasteiger charge is -2.20. The highest BCUT2D eigenvalue weighted by Gasteiger charge is 2.36. The Hall–Kier alpha value is -2.05. The molecule has 2 amide bonds. The molecular weight excluding hydrogens is 420 g/mol. The Morgan fingerprint density at radius 3 is 2.77 bits per heavy atom. The van der Waals surface area contributed by atoms with Crippen LogP contribution in [0.15, 0.2) is 40.9 Å². The van der Waals surface area contributed by atoms with Crippen LogP contribution in [0.25, 0.3) is 0 Å². The Bertz CT molecular complexity index is 872. The molecule has 1 aliphatic rings. The van der Waals surface area contributed by atoms with Gasteiger partial charge in [0.15, 0.2) is 0 Å². The Labute approximate surface area is 165 Å². The number of carbonyl (C=O) groups excluding carboxylic acids is 2. The van der Waals surface area contributed by atoms with Crippen LogP contribution in [0.2, 0.25) is 5.02 Å². The summed E-state index contributed by atoms with van der Waals surface area (Å²) in [5.41, 5.74) is 2.27. The molecule has 1 atom stereocenters. The first kappa shape index (κ1) is 18.7. The predicted molar refractivity (Wildman–Crippen MR) is 106 cm³/mol. The Morgan fingerprint density at radius 2 is 2.08 bits per heavy atom. The summed E-state index contributed by atoms with van der Waals surface area (Å²) in [6.07, 6.45) is 0.150. The SMILES string of the molecule is COc1ccc(Cl)cc1N1C[C@@H](C(=O)Nc2ccc(Br)cc2C)CC1=O. The topological polar surface area (TPSA) is 58.6 Å². The second-order valence-electron chi connectivity index (χ2n) is 6.17. The van der Waals surface area contributed by atoms with Crippen molar-refractivity contribution in [2.24, 2.45) is 5.92 Å². The van der Waals surface area contributed by atoms with E-state index in [-0.39, 0.29) is 24.8 Å². The first-order chi connectivity index (χ1) is 12.4. The van der Waals surface area contributed by atoms with E-state index in [1.54, 1.807) is 23.1 Å². The molecule has 0 bridgehead atoms. The van der Waals surface area contributed by atoms with E-state index in [0.29, 0.717) is 16.5 Å². The second kappa shape index (κ2) is 7.68. The standard InChI is InChI=1S/C19H18BrClN2O3/c1-11-7-13(20)3-5-15(11)22-19(25)12-8-18(24)23(10-12)16-9-14(21)4-6-17(16)26-2/h3-7,9,12H,8,10H2,1-2H3,(H,22,25)/t12-/m0/s1. The fourth-order valence-corrected chi connectivity index (χ4v) is 3.63. The number of methoxy groups -OCH3 is 1. The summed E-state index contributed by atoms with van der Waals surface area (Å²) < 4.78 is 6.27. The maximum absolute atomic E-state index is 12.6. The predicted octanol–water partition coefficient (Wildman–Crippen LogP) is 4.41. The van der Waals surface area contributed by atoms with E-state index in [4.69, 9.17) is 16.3 Å². The molecule has 2 aromatic carbocycles. The number of amides is 2. The van der Waals surface area contributed by atoms with Crippen LogP contribution in [0, 0.1) is 12.8 Å². The van der Waals surface area contributed by atoms with Crippen molar-refractivity contribution in [1.29, 1.82) is 0 Å². The van der Waals surface area contributed by atoms with Crippen LogP contribution in [-0.4, -0.2) is 25.5 Å². The normalized spacial score (nSPS) is 16.7. The van der Waals surface area contributed by atoms with Gasteiger partial charge in [-0.1, -0.05) is 27.5 Å². The van der Waals surface area contributed by atoms with Gasteiger partial charge in [0.1, 0.15) is 5.75 Å². The molecule has 136 valence electrons. The van der Waals surface area contributed by atoms with Crippen molar-refractivity contribution in [1.82, 2.24) is 0 Å². The van der Waals surface area contributed by atoms with Gasteiger partial charge in [0.05, 0.1) is 18.7 Å². The minimum atomic E-state index is -0.436. The van der Waals surface area contributed by atoms with Gasteiger partial charge < -0.3 is 15.0 Å². The average molecular weight is 438 g/mol. The molecule has 0 aliphatic carbocycles. The van der Waals surface area contributed by atoms with Gasteiger partial charge in [-0.3, -0.25) is 9.59 Å². The molecule has 1 saturated heterocycles. The van der Waals surface area contributed by atoms with Gasteiger partial charge in [0.25, 0.3) is 0 Å². The average Bonchev–Trinajstić information content (AvgIpc) is 2.99. The Morgan fingerprint density at radius 1 is 1.31 bits per heavy atom. The number of hydrogen-bond acceptors (Lipinski definition) is 3. The Kier molecular flexibility index (Phi) is 5.53. The summed E-state index contributed by atoms with van der Waals surface area (Å²) in [6, 6.07) is 10.7. The van der Waals surface area contributed by atoms with E-state index < -0.39 is 5.92 Å². The summed E-state index contributed by atoms with van der Waals surface area (Å²) in [7, 11) is 1.54. The highest BCUT2D eigenvalue weighted by Crippen LogP contribution is 2.35. The van der Waals surface area contributed by atoms with E-state index in [9.17, 15) is 9.59 Å². The number of aryl methyl sites for hydroxylation is 1. The molecule has 3 rings (SSSR count). The lowest BCUT2D eigenvalue weighted by atomic mass is 10.1. The molecule has 1 N–H and O–H groups in total. The molecular formula is C19H18BrClN2O3. The van der Waals surface area contributed by atoms with Crippen molar-refractivity contribution >= 4 is 50.7 Å². The molecule has 0 saturated carbocycles. The van der Waals surface area contributed by atoms with Crippen molar-refractivity contribution in [3.8, 4) is 5.75 Å². The van der Waals surface area contributed by atoms with Crippen LogP contribution in [0.5, 0.6) is 5.75 Å². The molecule has 0 spiro atoms. The van der Waals surface area contributed by atoms with Crippen LogP contribution >= 0.6 is 27.5 Å². The van der Waals surface area contributed by atoms with Gasteiger partial charge in [0, 0.05) is 28.1 Å². The molecule has 1 fully saturated rings. The number of hydrogen-bond donors (Lipinski definition) is 1. The van der Waals surface area contributed by atoms with Gasteiger partial charge in [0.2, 0.25) is 11.8 Å². The van der Waals surface area contributed by atoms with Crippen LogP contribution in [0.4, 0.5) is 11.4 Å². The van der Waals surface area contributed by atoms with E-state index >= 15 is 0 Å². The van der Waals surface area contributed by atoms with Crippen molar-refractivity contribution in [3.63, 3.8) is 0 Å². The van der Waals surface area contributed by atoms with Crippen molar-refractivity contribution < 1.29 is 14.3 Å². The van der Waals surface area contributed by atoms with Gasteiger partial charge in [-0.25, -0.2) is 0 Å². The molecule has 26 heavy (non-hydrogen) atoms. The van der Waals surface area contributed by atoms with Gasteiger partial charge in [-0.15, -0.1) is 0 Å². The number of carbonyl (C=O) groups is 2. The highest BCUT2D eigenvalue weighted by atomic mass is 79.9. The van der Waals surface area contributed by atoms with Crippen molar-refractivity contribution in [2.45, 2.75) is 13.3 Å². The zero-order valence-corrected chi connectivity index (χ0v) is 16.7. The monoisotopic (exact) mass is 436 g/mol. The summed E-state index contributed by atoms with van der Waals surface area (Å²) >= 11 is 9.46. The van der Waals surface area contributed by atoms with Gasteiger partial charge in [-0.05, 0) is 48.9 Å². The lowest BCUT2D eigenvalue weighted by molar-refractivity contribution is -0.122. The van der Waals surface area contributed by atoms with Crippen LogP contribution in [-0.2, 0) is 9.59 Å². The molecule has 2 aromatic rings. The van der Waals surface area contributed by atoms with Crippen molar-refractivity contribution in [2.75, 3.05) is 23.9 Å². The summed E-state index contributed by atoms with van der Waals surface area (Å²) in [4.78, 5) is 26.7. The molecule has 0 aromatic heterocycles. The molecule has 1 heterocycles. The fraction of sp³-hybridized carbons (Fsp3) is 0.263. The lowest BCUT2D eigenvalue weighted by Crippen LogP contribution is -2.28. The number of halogens is 2. The number of nitrogens with zero attached hydrogens (tertiary/aromatic N) is 1. The van der Waals surface area contributed by atoms with Crippen LogP contribution in [0.3, 0.4) is 0 Å². The quantitative estimate of drug-likeness (QED) is 0.771. The molecule has 0 radical (unpaired) electrons. The minimum Gasteiger partial charge on any atom is -0.495 e. The largest absolute Gasteiger partial charge is 0.495 e. The van der Waals surface area contributed by atoms with Gasteiger partial charge >= 0.3 is 0 Å². The highest BCUT2D eigenvalue weighted by molar-refractivity contribution is 9.10. The number of nitrogens with one attached hydrogen (secondary N) is 1. The third kappa shape index (κ3) is 3.86.